The number of nitrogens with zero attached hydrogens (tertiary/aromatic N) is 2. The van der Waals surface area contributed by atoms with Gasteiger partial charge in [0, 0.05) is 23.7 Å². The molecule has 24 heavy (non-hydrogen) atoms. The summed E-state index contributed by atoms with van der Waals surface area (Å²) in [6, 6.07) is 8.59. The lowest BCUT2D eigenvalue weighted by Crippen LogP contribution is -2.40. The predicted octanol–water partition coefficient (Wildman–Crippen LogP) is 3.94. The van der Waals surface area contributed by atoms with Crippen molar-refractivity contribution in [3.05, 3.63) is 41.9 Å². The highest BCUT2D eigenvalue weighted by molar-refractivity contribution is 7.99. The Bertz CT molecular complexity index is 644. The Morgan fingerprint density at radius 3 is 2.88 bits per heavy atom. The molecule has 2 unspecified atom stereocenters. The van der Waals surface area contributed by atoms with Crippen LogP contribution >= 0.6 is 11.8 Å². The fraction of sp³-hybridized carbons (Fsp3) is 0.500. The van der Waals surface area contributed by atoms with Gasteiger partial charge in [0.15, 0.2) is 0 Å². The third-order valence-electron chi connectivity index (χ3n) is 4.45. The van der Waals surface area contributed by atoms with Crippen molar-refractivity contribution in [1.82, 2.24) is 14.3 Å². The van der Waals surface area contributed by atoms with Crippen LogP contribution in [0.1, 0.15) is 36.7 Å². The van der Waals surface area contributed by atoms with Crippen LogP contribution in [0, 0.1) is 6.92 Å². The molecule has 1 aromatic heterocycles. The molecular weight excluding hydrogens is 338 g/mol. The van der Waals surface area contributed by atoms with Crippen LogP contribution in [0.2, 0.25) is 0 Å². The molecule has 4 nitrogen and oxygen atoms in total. The van der Waals surface area contributed by atoms with Gasteiger partial charge in [-0.3, -0.25) is 0 Å². The number of H-pyrrole nitrogens is 1. The molecular formula is C18H25N3OS2. The number of aromatic amines is 1. The lowest BCUT2D eigenvalue weighted by atomic mass is 10.0. The molecule has 1 N–H and O–H groups in total. The summed E-state index contributed by atoms with van der Waals surface area (Å²) in [4.78, 5) is 8.08. The molecule has 1 aliphatic heterocycles. The zero-order chi connectivity index (χ0) is 16.9. The molecule has 2 heterocycles. The Balaban J connectivity index is 1.77. The summed E-state index contributed by atoms with van der Waals surface area (Å²) >= 11 is 0.828. The number of benzene rings is 1. The lowest BCUT2D eigenvalue weighted by molar-refractivity contribution is 0.248. The van der Waals surface area contributed by atoms with Crippen LogP contribution in [0.4, 0.5) is 0 Å². The molecule has 1 fully saturated rings. The van der Waals surface area contributed by atoms with Gasteiger partial charge < -0.3 is 9.54 Å². The molecule has 2 atom stereocenters. The highest BCUT2D eigenvalue weighted by atomic mass is 32.2. The zero-order valence-electron chi connectivity index (χ0n) is 14.3. The van der Waals surface area contributed by atoms with Crippen molar-refractivity contribution in [2.75, 3.05) is 24.3 Å². The molecule has 0 spiro atoms. The SMILES string of the molecule is CSCC[S+]([O-])N1CCCCC1c1ncc(-c2ccc(C)cc2)[nH]1. The van der Waals surface area contributed by atoms with E-state index in [9.17, 15) is 4.55 Å². The second-order valence-electron chi connectivity index (χ2n) is 6.22. The second-order valence-corrected chi connectivity index (χ2v) is 8.72. The second kappa shape index (κ2) is 8.43. The Morgan fingerprint density at radius 2 is 2.12 bits per heavy atom. The summed E-state index contributed by atoms with van der Waals surface area (Å²) in [6.45, 7) is 2.98. The van der Waals surface area contributed by atoms with Crippen LogP contribution in [0.25, 0.3) is 11.3 Å². The van der Waals surface area contributed by atoms with Gasteiger partial charge in [0.2, 0.25) is 0 Å². The number of aryl methyl sites for hydroxylation is 1. The van der Waals surface area contributed by atoms with E-state index in [2.05, 4.69) is 51.7 Å². The van der Waals surface area contributed by atoms with Gasteiger partial charge >= 0.3 is 0 Å². The van der Waals surface area contributed by atoms with Crippen LogP contribution in [-0.4, -0.2) is 43.1 Å². The maximum absolute atomic E-state index is 12.6. The first kappa shape index (κ1) is 17.9. The minimum atomic E-state index is -0.923. The summed E-state index contributed by atoms with van der Waals surface area (Å²) in [7, 11) is 0. The highest BCUT2D eigenvalue weighted by Gasteiger charge is 2.34. The molecule has 0 aliphatic carbocycles. The van der Waals surface area contributed by atoms with Gasteiger partial charge in [-0.1, -0.05) is 29.8 Å². The van der Waals surface area contributed by atoms with E-state index < -0.39 is 11.4 Å². The normalized spacial score (nSPS) is 20.2. The van der Waals surface area contributed by atoms with Crippen LogP contribution in [-0.2, 0) is 11.4 Å². The number of hydrogen-bond acceptors (Lipinski definition) is 4. The predicted molar refractivity (Wildman–Crippen MR) is 103 cm³/mol. The number of imidazole rings is 1. The van der Waals surface area contributed by atoms with Gasteiger partial charge in [0.25, 0.3) is 0 Å². The van der Waals surface area contributed by atoms with Gasteiger partial charge in [-0.25, -0.2) is 4.98 Å². The maximum Gasteiger partial charge on any atom is 0.134 e. The summed E-state index contributed by atoms with van der Waals surface area (Å²) in [5.74, 6) is 2.61. The summed E-state index contributed by atoms with van der Waals surface area (Å²) in [5, 5.41) is 0. The van der Waals surface area contributed by atoms with Gasteiger partial charge in [-0.2, -0.15) is 11.8 Å². The molecule has 0 radical (unpaired) electrons. The van der Waals surface area contributed by atoms with Gasteiger partial charge in [0.05, 0.1) is 11.9 Å². The topological polar surface area (TPSA) is 55.0 Å². The van der Waals surface area contributed by atoms with E-state index in [1.54, 1.807) is 11.8 Å². The maximum atomic E-state index is 12.6. The fourth-order valence-corrected chi connectivity index (χ4v) is 5.37. The molecule has 1 saturated heterocycles. The number of rotatable bonds is 6. The third-order valence-corrected chi connectivity index (χ3v) is 6.84. The van der Waals surface area contributed by atoms with Crippen molar-refractivity contribution in [3.8, 4) is 11.3 Å². The Labute approximate surface area is 151 Å². The van der Waals surface area contributed by atoms with Crippen LogP contribution in [0.3, 0.4) is 0 Å². The number of aromatic nitrogens is 2. The van der Waals surface area contributed by atoms with Crippen LogP contribution < -0.4 is 0 Å². The van der Waals surface area contributed by atoms with Crippen molar-refractivity contribution in [2.24, 2.45) is 0 Å². The van der Waals surface area contributed by atoms with Crippen molar-refractivity contribution in [1.29, 1.82) is 0 Å². The molecule has 0 bridgehead atoms. The Morgan fingerprint density at radius 1 is 1.33 bits per heavy atom. The molecule has 1 aromatic carbocycles. The van der Waals surface area contributed by atoms with Gasteiger partial charge in [-0.15, -0.1) is 4.31 Å². The quantitative estimate of drug-likeness (QED) is 0.790. The third kappa shape index (κ3) is 4.17. The first-order chi connectivity index (χ1) is 11.7. The zero-order valence-corrected chi connectivity index (χ0v) is 16.0. The summed E-state index contributed by atoms with van der Waals surface area (Å²) in [6.07, 6.45) is 7.27. The van der Waals surface area contributed by atoms with E-state index in [1.807, 2.05) is 6.20 Å². The molecule has 130 valence electrons. The number of nitrogens with one attached hydrogen (secondary N) is 1. The average Bonchev–Trinajstić information content (AvgIpc) is 3.10. The van der Waals surface area contributed by atoms with E-state index in [0.717, 1.165) is 48.0 Å². The molecule has 1 aliphatic rings. The van der Waals surface area contributed by atoms with Crippen molar-refractivity contribution < 1.29 is 4.55 Å². The van der Waals surface area contributed by atoms with Crippen molar-refractivity contribution >= 4 is 23.1 Å². The highest BCUT2D eigenvalue weighted by Crippen LogP contribution is 2.33. The largest absolute Gasteiger partial charge is 0.598 e. The number of hydrogen-bond donors (Lipinski definition) is 1. The molecule has 6 heteroatoms. The standard InChI is InChI=1S/C18H25N3OS2/c1-14-6-8-15(9-7-14)16-13-19-18(20-16)17-5-3-4-10-21(17)24(22)12-11-23-2/h6-9,13,17H,3-5,10-12H2,1-2H3,(H,19,20). The fourth-order valence-electron chi connectivity index (χ4n) is 3.08. The summed E-state index contributed by atoms with van der Waals surface area (Å²) in [5.41, 5.74) is 3.43. The molecule has 0 amide bonds. The molecule has 2 aromatic rings. The van der Waals surface area contributed by atoms with E-state index in [4.69, 9.17) is 0 Å². The van der Waals surface area contributed by atoms with Crippen LogP contribution in [0.15, 0.2) is 30.5 Å². The Hall–Kier alpha value is -0.950. The first-order valence-electron chi connectivity index (χ1n) is 8.45. The summed E-state index contributed by atoms with van der Waals surface area (Å²) < 4.78 is 14.8. The minimum Gasteiger partial charge on any atom is -0.598 e. The molecule has 3 rings (SSSR count). The number of thioether (sulfide) groups is 1. The first-order valence-corrected chi connectivity index (χ1v) is 11.1. The van der Waals surface area contributed by atoms with E-state index >= 15 is 0 Å². The Kier molecular flexibility index (Phi) is 6.27. The van der Waals surface area contributed by atoms with E-state index in [1.165, 1.54) is 12.0 Å². The molecule has 0 saturated carbocycles. The van der Waals surface area contributed by atoms with Gasteiger partial charge in [-0.05, 0) is 38.0 Å². The van der Waals surface area contributed by atoms with E-state index in [0.29, 0.717) is 0 Å². The van der Waals surface area contributed by atoms with Crippen LogP contribution in [0.5, 0.6) is 0 Å². The monoisotopic (exact) mass is 363 g/mol. The minimum absolute atomic E-state index is 0.139. The average molecular weight is 364 g/mol. The van der Waals surface area contributed by atoms with Crippen molar-refractivity contribution in [2.45, 2.75) is 32.2 Å². The van der Waals surface area contributed by atoms with Crippen molar-refractivity contribution in [3.63, 3.8) is 0 Å². The number of piperidine rings is 1. The van der Waals surface area contributed by atoms with Gasteiger partial charge in [0.1, 0.15) is 17.6 Å². The smallest absolute Gasteiger partial charge is 0.134 e. The lowest BCUT2D eigenvalue weighted by Gasteiger charge is -2.34. The van der Waals surface area contributed by atoms with E-state index in [-0.39, 0.29) is 6.04 Å².